The van der Waals surface area contributed by atoms with Crippen LogP contribution in [0.2, 0.25) is 0 Å². The van der Waals surface area contributed by atoms with Crippen molar-refractivity contribution in [2.75, 3.05) is 0 Å². The molecule has 3 rings (SSSR count). The number of carbonyl (C=O) groups is 3. The summed E-state index contributed by atoms with van der Waals surface area (Å²) in [5, 5.41) is 15.4. The van der Waals surface area contributed by atoms with Gasteiger partial charge in [-0.1, -0.05) is 36.4 Å². The van der Waals surface area contributed by atoms with Crippen LogP contribution in [0.1, 0.15) is 18.1 Å². The van der Waals surface area contributed by atoms with E-state index in [1.54, 1.807) is 12.3 Å². The number of hydrogen-bond acceptors (Lipinski definition) is 3. The minimum absolute atomic E-state index is 0.0532. The smallest absolute Gasteiger partial charge is 0.326 e. The van der Waals surface area contributed by atoms with Crippen LogP contribution in [0, 0.1) is 5.82 Å². The first-order chi connectivity index (χ1) is 14.3. The van der Waals surface area contributed by atoms with E-state index in [0.717, 1.165) is 16.5 Å². The number of benzene rings is 2. The highest BCUT2D eigenvalue weighted by Gasteiger charge is 2.27. The summed E-state index contributed by atoms with van der Waals surface area (Å²) in [6, 6.07) is 11.0. The fraction of sp³-hybridized carbons (Fsp3) is 0.227. The molecule has 0 saturated carbocycles. The van der Waals surface area contributed by atoms with Crippen molar-refractivity contribution in [3.8, 4) is 0 Å². The molecular weight excluding hydrogens is 389 g/mol. The van der Waals surface area contributed by atoms with Gasteiger partial charge in [-0.15, -0.1) is 0 Å². The predicted octanol–water partition coefficient (Wildman–Crippen LogP) is 2.17. The standard InChI is InChI=1S/C22H22FN3O4/c1-13(27)25-19(10-14-6-2-4-8-17(14)23)21(28)26-20(22(29)30)11-15-12-24-18-9-5-3-7-16(15)18/h2-9,12,19-20,24H,10-11H2,1H3,(H,25,27)(H,26,28)(H,29,30)/t19-,20-/m1/s1. The van der Waals surface area contributed by atoms with Crippen molar-refractivity contribution in [1.82, 2.24) is 15.6 Å². The normalized spacial score (nSPS) is 12.9. The van der Waals surface area contributed by atoms with Gasteiger partial charge in [0.05, 0.1) is 0 Å². The summed E-state index contributed by atoms with van der Waals surface area (Å²) in [6.45, 7) is 1.24. The SMILES string of the molecule is CC(=O)N[C@H](Cc1ccccc1F)C(=O)N[C@H](Cc1c[nH]c2ccccc12)C(=O)O. The second-order valence-corrected chi connectivity index (χ2v) is 7.01. The molecule has 30 heavy (non-hydrogen) atoms. The average Bonchev–Trinajstić information content (AvgIpc) is 3.11. The first-order valence-electron chi connectivity index (χ1n) is 9.44. The third kappa shape index (κ3) is 5.02. The van der Waals surface area contributed by atoms with Gasteiger partial charge in [-0.25, -0.2) is 9.18 Å². The second kappa shape index (κ2) is 9.21. The van der Waals surface area contributed by atoms with Crippen molar-refractivity contribution in [2.45, 2.75) is 31.8 Å². The quantitative estimate of drug-likeness (QED) is 0.455. The number of carboxylic acid groups (broad SMARTS) is 1. The summed E-state index contributed by atoms with van der Waals surface area (Å²) < 4.78 is 14.0. The molecule has 1 heterocycles. The number of nitrogens with one attached hydrogen (secondary N) is 3. The maximum absolute atomic E-state index is 14.0. The van der Waals surface area contributed by atoms with E-state index in [1.807, 2.05) is 24.3 Å². The van der Waals surface area contributed by atoms with Crippen molar-refractivity contribution in [2.24, 2.45) is 0 Å². The van der Waals surface area contributed by atoms with Crippen LogP contribution in [0.3, 0.4) is 0 Å². The molecule has 2 aromatic carbocycles. The van der Waals surface area contributed by atoms with E-state index in [4.69, 9.17) is 0 Å². The molecule has 0 radical (unpaired) electrons. The third-order valence-corrected chi connectivity index (χ3v) is 4.79. The lowest BCUT2D eigenvalue weighted by atomic mass is 10.0. The number of rotatable bonds is 8. The van der Waals surface area contributed by atoms with Crippen LogP contribution in [0.5, 0.6) is 0 Å². The lowest BCUT2D eigenvalue weighted by molar-refractivity contribution is -0.142. The Kier molecular flexibility index (Phi) is 6.46. The lowest BCUT2D eigenvalue weighted by Crippen LogP contribution is -2.52. The van der Waals surface area contributed by atoms with E-state index >= 15 is 0 Å². The highest BCUT2D eigenvalue weighted by atomic mass is 19.1. The topological polar surface area (TPSA) is 111 Å². The molecule has 0 bridgehead atoms. The van der Waals surface area contributed by atoms with Crippen LogP contribution in [0.25, 0.3) is 10.9 Å². The lowest BCUT2D eigenvalue weighted by Gasteiger charge is -2.21. The molecule has 8 heteroatoms. The molecule has 156 valence electrons. The summed E-state index contributed by atoms with van der Waals surface area (Å²) in [5.41, 5.74) is 1.84. The van der Waals surface area contributed by atoms with E-state index in [2.05, 4.69) is 15.6 Å². The predicted molar refractivity (Wildman–Crippen MR) is 109 cm³/mol. The molecule has 3 aromatic rings. The summed E-state index contributed by atoms with van der Waals surface area (Å²) in [7, 11) is 0. The fourth-order valence-corrected chi connectivity index (χ4v) is 3.33. The van der Waals surface area contributed by atoms with Gasteiger partial charge in [0.25, 0.3) is 0 Å². The number of aromatic amines is 1. The molecule has 2 amide bonds. The molecular formula is C22H22FN3O4. The molecule has 0 aliphatic heterocycles. The van der Waals surface area contributed by atoms with Crippen LogP contribution in [-0.4, -0.2) is 40.0 Å². The number of H-pyrrole nitrogens is 1. The van der Waals surface area contributed by atoms with Gasteiger partial charge >= 0.3 is 5.97 Å². The molecule has 0 fully saturated rings. The highest BCUT2D eigenvalue weighted by Crippen LogP contribution is 2.19. The maximum Gasteiger partial charge on any atom is 0.326 e. The van der Waals surface area contributed by atoms with Crippen LogP contribution in [0.4, 0.5) is 4.39 Å². The van der Waals surface area contributed by atoms with E-state index < -0.39 is 35.7 Å². The zero-order valence-electron chi connectivity index (χ0n) is 16.3. The number of halogens is 1. The molecule has 0 aliphatic rings. The van der Waals surface area contributed by atoms with Crippen LogP contribution >= 0.6 is 0 Å². The summed E-state index contributed by atoms with van der Waals surface area (Å²) in [6.07, 6.45) is 1.66. The van der Waals surface area contributed by atoms with Crippen molar-refractivity contribution in [1.29, 1.82) is 0 Å². The van der Waals surface area contributed by atoms with Gasteiger partial charge in [0.1, 0.15) is 17.9 Å². The first kappa shape index (κ1) is 21.0. The first-order valence-corrected chi connectivity index (χ1v) is 9.44. The van der Waals surface area contributed by atoms with Crippen LogP contribution < -0.4 is 10.6 Å². The van der Waals surface area contributed by atoms with Crippen molar-refractivity contribution in [3.05, 3.63) is 71.7 Å². The number of hydrogen-bond donors (Lipinski definition) is 4. The number of para-hydroxylation sites is 1. The number of fused-ring (bicyclic) bond motifs is 1. The van der Waals surface area contributed by atoms with E-state index in [-0.39, 0.29) is 18.4 Å². The van der Waals surface area contributed by atoms with Gasteiger partial charge in [0.2, 0.25) is 11.8 Å². The number of aliphatic carboxylic acids is 1. The number of carbonyl (C=O) groups excluding carboxylic acids is 2. The Balaban J connectivity index is 1.78. The largest absolute Gasteiger partial charge is 0.480 e. The second-order valence-electron chi connectivity index (χ2n) is 7.01. The fourth-order valence-electron chi connectivity index (χ4n) is 3.33. The van der Waals surface area contributed by atoms with Crippen molar-refractivity contribution < 1.29 is 23.9 Å². The molecule has 0 spiro atoms. The number of aromatic nitrogens is 1. The Morgan fingerprint density at radius 3 is 2.33 bits per heavy atom. The van der Waals surface area contributed by atoms with Gasteiger partial charge in [-0.05, 0) is 23.3 Å². The summed E-state index contributed by atoms with van der Waals surface area (Å²) in [5.74, 6) is -2.88. The van der Waals surface area contributed by atoms with E-state index in [1.165, 1.54) is 25.1 Å². The Morgan fingerprint density at radius 2 is 1.63 bits per heavy atom. The van der Waals surface area contributed by atoms with Crippen LogP contribution in [-0.2, 0) is 27.2 Å². The highest BCUT2D eigenvalue weighted by molar-refractivity contribution is 5.91. The van der Waals surface area contributed by atoms with Crippen molar-refractivity contribution >= 4 is 28.7 Å². The van der Waals surface area contributed by atoms with Crippen LogP contribution in [0.15, 0.2) is 54.7 Å². The molecule has 0 unspecified atom stereocenters. The molecule has 2 atom stereocenters. The van der Waals surface area contributed by atoms with E-state index in [9.17, 15) is 23.9 Å². The Bertz CT molecular complexity index is 1080. The monoisotopic (exact) mass is 411 g/mol. The zero-order valence-corrected chi connectivity index (χ0v) is 16.3. The average molecular weight is 411 g/mol. The van der Waals surface area contributed by atoms with E-state index in [0.29, 0.717) is 0 Å². The minimum atomic E-state index is -1.21. The third-order valence-electron chi connectivity index (χ3n) is 4.79. The zero-order chi connectivity index (χ0) is 21.7. The maximum atomic E-state index is 14.0. The molecule has 4 N–H and O–H groups in total. The molecule has 7 nitrogen and oxygen atoms in total. The molecule has 1 aromatic heterocycles. The molecule has 0 saturated heterocycles. The summed E-state index contributed by atoms with van der Waals surface area (Å²) in [4.78, 5) is 39.2. The van der Waals surface area contributed by atoms with Gasteiger partial charge < -0.3 is 20.7 Å². The Morgan fingerprint density at radius 1 is 0.967 bits per heavy atom. The Hall–Kier alpha value is -3.68. The van der Waals surface area contributed by atoms with Crippen molar-refractivity contribution in [3.63, 3.8) is 0 Å². The summed E-state index contributed by atoms with van der Waals surface area (Å²) >= 11 is 0. The Labute approximate surface area is 172 Å². The van der Waals surface area contributed by atoms with Gasteiger partial charge in [-0.3, -0.25) is 9.59 Å². The molecule has 0 aliphatic carbocycles. The van der Waals surface area contributed by atoms with Gasteiger partial charge in [0, 0.05) is 36.9 Å². The minimum Gasteiger partial charge on any atom is -0.480 e. The van der Waals surface area contributed by atoms with Gasteiger partial charge in [0.15, 0.2) is 0 Å². The van der Waals surface area contributed by atoms with Gasteiger partial charge in [-0.2, -0.15) is 0 Å². The number of amides is 2. The number of carboxylic acids is 1.